The summed E-state index contributed by atoms with van der Waals surface area (Å²) in [5.41, 5.74) is 1.98. The van der Waals surface area contributed by atoms with Crippen molar-refractivity contribution in [2.75, 3.05) is 32.2 Å². The SMILES string of the molecule is COCCN(C(=O)CCCOc1ccc2c(c1)CCC(=O)N2)C1CCCCC1. The molecule has 6 nitrogen and oxygen atoms in total. The number of rotatable bonds is 9. The molecule has 2 amide bonds. The van der Waals surface area contributed by atoms with E-state index in [1.54, 1.807) is 7.11 Å². The number of aryl methyl sites for hydroxylation is 1. The first-order chi connectivity index (χ1) is 13.7. The van der Waals surface area contributed by atoms with Gasteiger partial charge in [-0.15, -0.1) is 0 Å². The second kappa shape index (κ2) is 10.5. The molecule has 0 aromatic heterocycles. The highest BCUT2D eigenvalue weighted by atomic mass is 16.5. The number of benzene rings is 1. The van der Waals surface area contributed by atoms with Crippen molar-refractivity contribution in [2.45, 2.75) is 63.8 Å². The Hall–Kier alpha value is -2.08. The Bertz CT molecular complexity index is 671. The topological polar surface area (TPSA) is 67.9 Å². The van der Waals surface area contributed by atoms with Gasteiger partial charge in [0.15, 0.2) is 0 Å². The second-order valence-corrected chi connectivity index (χ2v) is 7.69. The lowest BCUT2D eigenvalue weighted by Gasteiger charge is -2.34. The van der Waals surface area contributed by atoms with Crippen LogP contribution in [-0.4, -0.2) is 49.6 Å². The first-order valence-corrected chi connectivity index (χ1v) is 10.5. The average Bonchev–Trinajstić information content (AvgIpc) is 2.72. The maximum Gasteiger partial charge on any atom is 0.224 e. The maximum absolute atomic E-state index is 12.8. The Balaban J connectivity index is 1.45. The van der Waals surface area contributed by atoms with Crippen LogP contribution in [0.1, 0.15) is 56.9 Å². The Morgan fingerprint density at radius 3 is 2.79 bits per heavy atom. The fraction of sp³-hybridized carbons (Fsp3) is 0.636. The van der Waals surface area contributed by atoms with Gasteiger partial charge < -0.3 is 19.7 Å². The van der Waals surface area contributed by atoms with Gasteiger partial charge in [-0.2, -0.15) is 0 Å². The monoisotopic (exact) mass is 388 g/mol. The molecule has 0 spiro atoms. The molecule has 0 radical (unpaired) electrons. The van der Waals surface area contributed by atoms with Gasteiger partial charge >= 0.3 is 0 Å². The van der Waals surface area contributed by atoms with Crippen LogP contribution in [0.5, 0.6) is 5.75 Å². The highest BCUT2D eigenvalue weighted by Crippen LogP contribution is 2.27. The Morgan fingerprint density at radius 1 is 1.18 bits per heavy atom. The van der Waals surface area contributed by atoms with E-state index in [0.717, 1.165) is 36.3 Å². The molecule has 0 bridgehead atoms. The number of anilines is 1. The summed E-state index contributed by atoms with van der Waals surface area (Å²) < 4.78 is 11.1. The van der Waals surface area contributed by atoms with Crippen molar-refractivity contribution in [3.8, 4) is 5.75 Å². The van der Waals surface area contributed by atoms with E-state index in [2.05, 4.69) is 5.32 Å². The van der Waals surface area contributed by atoms with Crippen molar-refractivity contribution in [1.82, 2.24) is 4.90 Å². The van der Waals surface area contributed by atoms with Crippen LogP contribution in [0, 0.1) is 0 Å². The van der Waals surface area contributed by atoms with Crippen LogP contribution < -0.4 is 10.1 Å². The van der Waals surface area contributed by atoms with Crippen molar-refractivity contribution in [2.24, 2.45) is 0 Å². The largest absolute Gasteiger partial charge is 0.494 e. The molecular weight excluding hydrogens is 356 g/mol. The smallest absolute Gasteiger partial charge is 0.224 e. The lowest BCUT2D eigenvalue weighted by molar-refractivity contribution is -0.135. The van der Waals surface area contributed by atoms with Gasteiger partial charge in [-0.25, -0.2) is 0 Å². The summed E-state index contributed by atoms with van der Waals surface area (Å²) in [6.45, 7) is 1.78. The third-order valence-corrected chi connectivity index (χ3v) is 5.65. The van der Waals surface area contributed by atoms with Gasteiger partial charge in [0.25, 0.3) is 0 Å². The fourth-order valence-electron chi connectivity index (χ4n) is 4.10. The number of ether oxygens (including phenoxy) is 2. The summed E-state index contributed by atoms with van der Waals surface area (Å²) in [5.74, 6) is 1.07. The van der Waals surface area contributed by atoms with Gasteiger partial charge in [-0.3, -0.25) is 9.59 Å². The summed E-state index contributed by atoms with van der Waals surface area (Å²) in [6, 6.07) is 6.12. The maximum atomic E-state index is 12.8. The van der Waals surface area contributed by atoms with Crippen molar-refractivity contribution in [3.05, 3.63) is 23.8 Å². The van der Waals surface area contributed by atoms with Gasteiger partial charge in [0, 0.05) is 38.2 Å². The minimum atomic E-state index is 0.0654. The van der Waals surface area contributed by atoms with Crippen LogP contribution in [0.4, 0.5) is 5.69 Å². The van der Waals surface area contributed by atoms with Crippen molar-refractivity contribution >= 4 is 17.5 Å². The molecule has 28 heavy (non-hydrogen) atoms. The molecule has 3 rings (SSSR count). The molecule has 154 valence electrons. The minimum Gasteiger partial charge on any atom is -0.494 e. The number of amides is 2. The van der Waals surface area contributed by atoms with Crippen LogP contribution in [-0.2, 0) is 20.7 Å². The predicted molar refractivity (Wildman–Crippen MR) is 109 cm³/mol. The third-order valence-electron chi connectivity index (χ3n) is 5.65. The van der Waals surface area contributed by atoms with Crippen LogP contribution in [0.2, 0.25) is 0 Å². The normalized spacial score (nSPS) is 17.0. The Labute approximate surface area is 167 Å². The van der Waals surface area contributed by atoms with Gasteiger partial charge in [-0.1, -0.05) is 19.3 Å². The average molecular weight is 389 g/mol. The van der Waals surface area contributed by atoms with Crippen LogP contribution in [0.25, 0.3) is 0 Å². The number of carbonyl (C=O) groups is 2. The zero-order chi connectivity index (χ0) is 19.8. The molecule has 0 atom stereocenters. The Morgan fingerprint density at radius 2 is 2.00 bits per heavy atom. The molecule has 1 fully saturated rings. The molecule has 1 aliphatic heterocycles. The van der Waals surface area contributed by atoms with Crippen LogP contribution in [0.3, 0.4) is 0 Å². The summed E-state index contributed by atoms with van der Waals surface area (Å²) in [4.78, 5) is 26.2. The molecule has 0 saturated heterocycles. The number of hydrogen-bond donors (Lipinski definition) is 1. The predicted octanol–water partition coefficient (Wildman–Crippen LogP) is 3.54. The van der Waals surface area contributed by atoms with E-state index in [1.807, 2.05) is 23.1 Å². The highest BCUT2D eigenvalue weighted by Gasteiger charge is 2.24. The number of carbonyl (C=O) groups excluding carboxylic acids is 2. The standard InChI is InChI=1S/C22H32N2O4/c1-27-15-13-24(18-6-3-2-4-7-18)22(26)8-5-14-28-19-10-11-20-17(16-19)9-12-21(25)23-20/h10-11,16,18H,2-9,12-15H2,1H3,(H,23,25). The van der Waals surface area contributed by atoms with E-state index in [1.165, 1.54) is 19.3 Å². The first kappa shape index (κ1) is 20.6. The number of hydrogen-bond acceptors (Lipinski definition) is 4. The van der Waals surface area contributed by atoms with Crippen molar-refractivity contribution in [3.63, 3.8) is 0 Å². The van der Waals surface area contributed by atoms with E-state index in [9.17, 15) is 9.59 Å². The molecule has 1 aliphatic carbocycles. The lowest BCUT2D eigenvalue weighted by atomic mass is 9.94. The quantitative estimate of drug-likeness (QED) is 0.657. The number of nitrogens with one attached hydrogen (secondary N) is 1. The number of methoxy groups -OCH3 is 1. The summed E-state index contributed by atoms with van der Waals surface area (Å²) in [5, 5.41) is 2.87. The van der Waals surface area contributed by atoms with Crippen LogP contribution in [0.15, 0.2) is 18.2 Å². The highest BCUT2D eigenvalue weighted by molar-refractivity contribution is 5.94. The zero-order valence-corrected chi connectivity index (χ0v) is 16.9. The van der Waals surface area contributed by atoms with E-state index in [-0.39, 0.29) is 11.8 Å². The Kier molecular flexibility index (Phi) is 7.71. The zero-order valence-electron chi connectivity index (χ0n) is 16.9. The lowest BCUT2D eigenvalue weighted by Crippen LogP contribution is -2.43. The molecular formula is C22H32N2O4. The molecule has 1 aromatic carbocycles. The molecule has 0 unspecified atom stereocenters. The van der Waals surface area contributed by atoms with E-state index < -0.39 is 0 Å². The van der Waals surface area contributed by atoms with Gasteiger partial charge in [0.2, 0.25) is 11.8 Å². The van der Waals surface area contributed by atoms with Crippen molar-refractivity contribution < 1.29 is 19.1 Å². The van der Waals surface area contributed by atoms with E-state index >= 15 is 0 Å². The fourth-order valence-corrected chi connectivity index (χ4v) is 4.10. The minimum absolute atomic E-state index is 0.0654. The van der Waals surface area contributed by atoms with Crippen LogP contribution >= 0.6 is 0 Å². The molecule has 1 saturated carbocycles. The molecule has 1 aromatic rings. The van der Waals surface area contributed by atoms with E-state index in [4.69, 9.17) is 9.47 Å². The van der Waals surface area contributed by atoms with E-state index in [0.29, 0.717) is 45.1 Å². The van der Waals surface area contributed by atoms with Gasteiger partial charge in [0.1, 0.15) is 5.75 Å². The number of fused-ring (bicyclic) bond motifs is 1. The second-order valence-electron chi connectivity index (χ2n) is 7.69. The summed E-state index contributed by atoms with van der Waals surface area (Å²) in [7, 11) is 1.68. The van der Waals surface area contributed by atoms with Crippen molar-refractivity contribution in [1.29, 1.82) is 0 Å². The molecule has 6 heteroatoms. The van der Waals surface area contributed by atoms with Gasteiger partial charge in [0.05, 0.1) is 13.2 Å². The summed E-state index contributed by atoms with van der Waals surface area (Å²) >= 11 is 0. The van der Waals surface area contributed by atoms with Gasteiger partial charge in [-0.05, 0) is 49.4 Å². The third kappa shape index (κ3) is 5.71. The first-order valence-electron chi connectivity index (χ1n) is 10.5. The molecule has 1 N–H and O–H groups in total. The number of nitrogens with zero attached hydrogens (tertiary/aromatic N) is 1. The molecule has 1 heterocycles. The summed E-state index contributed by atoms with van der Waals surface area (Å²) in [6.07, 6.45) is 8.38. The molecule has 2 aliphatic rings.